The third-order valence-corrected chi connectivity index (χ3v) is 4.24. The number of carbonyl (C=O) groups excluding carboxylic acids is 2. The monoisotopic (exact) mass is 349 g/mol. The zero-order valence-electron chi connectivity index (χ0n) is 12.1. The molecule has 0 heterocycles. The normalized spacial score (nSPS) is 10.9. The Morgan fingerprint density at radius 2 is 1.59 bits per heavy atom. The smallest absolute Gasteiger partial charge is 0.337 e. The highest BCUT2D eigenvalue weighted by Gasteiger charge is 2.16. The van der Waals surface area contributed by atoms with Crippen LogP contribution in [0.5, 0.6) is 0 Å². The summed E-state index contributed by atoms with van der Waals surface area (Å²) in [4.78, 5) is 23.2. The van der Waals surface area contributed by atoms with Crippen molar-refractivity contribution in [1.29, 1.82) is 0 Å². The number of halogens is 1. The van der Waals surface area contributed by atoms with Gasteiger partial charge in [0.05, 0.1) is 36.8 Å². The fourth-order valence-electron chi connectivity index (χ4n) is 1.63. The Kier molecular flexibility index (Phi) is 6.63. The fraction of sp³-hybridized carbons (Fsp3) is 0.385. The van der Waals surface area contributed by atoms with Crippen LogP contribution in [-0.4, -0.2) is 46.2 Å². The molecule has 0 aliphatic rings. The van der Waals surface area contributed by atoms with Gasteiger partial charge in [-0.2, -0.15) is 0 Å². The summed E-state index contributed by atoms with van der Waals surface area (Å²) in [6.45, 7) is 0. The number of anilines is 1. The number of benzene rings is 1. The number of carbonyl (C=O) groups is 2. The van der Waals surface area contributed by atoms with Gasteiger partial charge in [-0.05, 0) is 24.6 Å². The van der Waals surface area contributed by atoms with E-state index in [1.807, 2.05) is 0 Å². The van der Waals surface area contributed by atoms with Crippen molar-refractivity contribution in [2.45, 2.75) is 6.42 Å². The molecule has 1 aromatic rings. The largest absolute Gasteiger partial charge is 0.465 e. The predicted molar refractivity (Wildman–Crippen MR) is 81.9 cm³/mol. The zero-order valence-corrected chi connectivity index (χ0v) is 13.7. The van der Waals surface area contributed by atoms with Gasteiger partial charge in [-0.3, -0.25) is 4.72 Å². The zero-order chi connectivity index (χ0) is 16.8. The number of hydrogen-bond donors (Lipinski definition) is 1. The summed E-state index contributed by atoms with van der Waals surface area (Å²) >= 11 is 5.47. The maximum Gasteiger partial charge on any atom is 0.337 e. The van der Waals surface area contributed by atoms with E-state index in [4.69, 9.17) is 11.6 Å². The van der Waals surface area contributed by atoms with Crippen LogP contribution in [0.3, 0.4) is 0 Å². The van der Waals surface area contributed by atoms with Crippen LogP contribution in [0.1, 0.15) is 27.1 Å². The first-order valence-corrected chi connectivity index (χ1v) is 8.40. The summed E-state index contributed by atoms with van der Waals surface area (Å²) < 4.78 is 35.1. The highest BCUT2D eigenvalue weighted by Crippen LogP contribution is 2.18. The fourth-order valence-corrected chi connectivity index (χ4v) is 3.03. The molecule has 22 heavy (non-hydrogen) atoms. The van der Waals surface area contributed by atoms with Crippen molar-refractivity contribution in [3.8, 4) is 0 Å². The van der Waals surface area contributed by atoms with E-state index >= 15 is 0 Å². The Morgan fingerprint density at radius 1 is 1.09 bits per heavy atom. The summed E-state index contributed by atoms with van der Waals surface area (Å²) in [5.74, 6) is -1.37. The number of hydrogen-bond acceptors (Lipinski definition) is 6. The summed E-state index contributed by atoms with van der Waals surface area (Å²) in [5.41, 5.74) is 0.124. The van der Waals surface area contributed by atoms with Crippen LogP contribution >= 0.6 is 11.6 Å². The lowest BCUT2D eigenvalue weighted by atomic mass is 10.1. The van der Waals surface area contributed by atoms with E-state index < -0.39 is 22.0 Å². The lowest BCUT2D eigenvalue weighted by Gasteiger charge is -2.10. The third kappa shape index (κ3) is 5.19. The molecule has 0 spiro atoms. The van der Waals surface area contributed by atoms with Gasteiger partial charge in [0.1, 0.15) is 0 Å². The summed E-state index contributed by atoms with van der Waals surface area (Å²) in [6, 6.07) is 3.81. The average molecular weight is 350 g/mol. The van der Waals surface area contributed by atoms with Gasteiger partial charge >= 0.3 is 11.9 Å². The number of rotatable bonds is 7. The Morgan fingerprint density at radius 3 is 2.00 bits per heavy atom. The first kappa shape index (κ1) is 18.2. The molecule has 0 bridgehead atoms. The number of sulfonamides is 1. The lowest BCUT2D eigenvalue weighted by molar-refractivity contribution is 0.0599. The van der Waals surface area contributed by atoms with Crippen LogP contribution in [0.15, 0.2) is 18.2 Å². The minimum Gasteiger partial charge on any atom is -0.465 e. The van der Waals surface area contributed by atoms with E-state index in [0.29, 0.717) is 0 Å². The number of nitrogens with one attached hydrogen (secondary N) is 1. The molecule has 0 fully saturated rings. The molecule has 0 unspecified atom stereocenters. The van der Waals surface area contributed by atoms with Crippen LogP contribution in [0.4, 0.5) is 5.69 Å². The maximum atomic E-state index is 11.9. The lowest BCUT2D eigenvalue weighted by Crippen LogP contribution is -2.18. The van der Waals surface area contributed by atoms with Crippen LogP contribution in [0, 0.1) is 0 Å². The highest BCUT2D eigenvalue weighted by molar-refractivity contribution is 7.92. The number of methoxy groups -OCH3 is 2. The molecule has 0 atom stereocenters. The van der Waals surface area contributed by atoms with E-state index in [0.717, 1.165) is 0 Å². The first-order valence-electron chi connectivity index (χ1n) is 6.21. The van der Waals surface area contributed by atoms with E-state index in [1.165, 1.54) is 32.4 Å². The van der Waals surface area contributed by atoms with Crippen LogP contribution in [0.25, 0.3) is 0 Å². The maximum absolute atomic E-state index is 11.9. The molecular formula is C13H16ClNO6S. The molecular weight excluding hydrogens is 334 g/mol. The van der Waals surface area contributed by atoms with Crippen molar-refractivity contribution in [2.75, 3.05) is 30.6 Å². The second kappa shape index (κ2) is 8.00. The Bertz CT molecular complexity index is 624. The summed E-state index contributed by atoms with van der Waals surface area (Å²) in [6.07, 6.45) is 0.275. The van der Waals surface area contributed by atoms with Crippen LogP contribution in [-0.2, 0) is 19.5 Å². The number of esters is 2. The molecule has 0 aromatic heterocycles. The van der Waals surface area contributed by atoms with Gasteiger partial charge in [0.2, 0.25) is 10.0 Å². The number of ether oxygens (including phenoxy) is 2. The van der Waals surface area contributed by atoms with Crippen LogP contribution < -0.4 is 4.72 Å². The molecule has 122 valence electrons. The molecule has 0 amide bonds. The van der Waals surface area contributed by atoms with Crippen molar-refractivity contribution >= 4 is 39.3 Å². The molecule has 0 radical (unpaired) electrons. The molecule has 1 rings (SSSR count). The third-order valence-electron chi connectivity index (χ3n) is 2.60. The van der Waals surface area contributed by atoms with E-state index in [9.17, 15) is 18.0 Å². The van der Waals surface area contributed by atoms with Crippen molar-refractivity contribution < 1.29 is 27.5 Å². The van der Waals surface area contributed by atoms with E-state index in [1.54, 1.807) is 0 Å². The van der Waals surface area contributed by atoms with Gasteiger partial charge in [0.25, 0.3) is 0 Å². The average Bonchev–Trinajstić information content (AvgIpc) is 2.50. The highest BCUT2D eigenvalue weighted by atomic mass is 35.5. The minimum atomic E-state index is -3.63. The minimum absolute atomic E-state index is 0.0282. The second-order valence-electron chi connectivity index (χ2n) is 4.25. The summed E-state index contributed by atoms with van der Waals surface area (Å²) in [7, 11) is -1.28. The molecule has 1 N–H and O–H groups in total. The van der Waals surface area contributed by atoms with Crippen molar-refractivity contribution in [2.24, 2.45) is 0 Å². The summed E-state index contributed by atoms with van der Waals surface area (Å²) in [5, 5.41) is 0. The SMILES string of the molecule is COC(=O)c1cc(NS(=O)(=O)CCCCl)cc(C(=O)OC)c1. The van der Waals surface area contributed by atoms with Gasteiger partial charge in [-0.1, -0.05) is 0 Å². The predicted octanol–water partition coefficient (Wildman–Crippen LogP) is 1.63. The molecule has 0 aliphatic carbocycles. The molecule has 0 saturated carbocycles. The Labute approximate surface area is 133 Å². The Balaban J connectivity index is 3.18. The van der Waals surface area contributed by atoms with Crippen molar-refractivity contribution in [3.05, 3.63) is 29.3 Å². The molecule has 0 aliphatic heterocycles. The van der Waals surface area contributed by atoms with Gasteiger partial charge < -0.3 is 9.47 Å². The van der Waals surface area contributed by atoms with Crippen molar-refractivity contribution in [1.82, 2.24) is 0 Å². The molecule has 9 heteroatoms. The van der Waals surface area contributed by atoms with Gasteiger partial charge in [-0.25, -0.2) is 18.0 Å². The first-order chi connectivity index (χ1) is 10.3. The Hall–Kier alpha value is -1.80. The topological polar surface area (TPSA) is 98.8 Å². The van der Waals surface area contributed by atoms with E-state index in [-0.39, 0.29) is 34.9 Å². The van der Waals surface area contributed by atoms with E-state index in [2.05, 4.69) is 14.2 Å². The number of alkyl halides is 1. The molecule has 1 aromatic carbocycles. The van der Waals surface area contributed by atoms with Crippen molar-refractivity contribution in [3.63, 3.8) is 0 Å². The van der Waals surface area contributed by atoms with Gasteiger partial charge in [-0.15, -0.1) is 11.6 Å². The molecule has 7 nitrogen and oxygen atoms in total. The van der Waals surface area contributed by atoms with Crippen LogP contribution in [0.2, 0.25) is 0 Å². The standard InChI is InChI=1S/C13H16ClNO6S/c1-20-12(16)9-6-10(13(17)21-2)8-11(7-9)15-22(18,19)5-3-4-14/h6-8,15H,3-5H2,1-2H3. The van der Waals surface area contributed by atoms with Gasteiger partial charge in [0.15, 0.2) is 0 Å². The molecule has 0 saturated heterocycles. The quantitative estimate of drug-likeness (QED) is 0.593. The van der Waals surface area contributed by atoms with Gasteiger partial charge in [0, 0.05) is 5.88 Å². The second-order valence-corrected chi connectivity index (χ2v) is 6.47.